The molecular formula is H12AlFK2NaO5P. The van der Waals surface area contributed by atoms with Crippen LogP contribution in [0.2, 0.25) is 0 Å². The van der Waals surface area contributed by atoms with Crippen molar-refractivity contribution in [2.75, 3.05) is 0 Å². The van der Waals surface area contributed by atoms with Crippen LogP contribution in [0.3, 0.4) is 0 Å². The van der Waals surface area contributed by atoms with Crippen molar-refractivity contribution in [3.8, 4) is 0 Å². The zero-order chi connectivity index (χ0) is 4.50. The summed E-state index contributed by atoms with van der Waals surface area (Å²) in [6.07, 6.45) is 0. The predicted octanol–water partition coefficient (Wildman–Crippen LogP) is -11.4. The van der Waals surface area contributed by atoms with Gasteiger partial charge in [0.1, 0.15) is 0 Å². The maximum Gasteiger partial charge on any atom is 1.00 e. The average Bonchev–Trinajstić information content (AvgIpc) is 0.722. The molecule has 0 amide bonds. The van der Waals surface area contributed by atoms with Gasteiger partial charge in [-0.05, 0) is 0 Å². The molecule has 0 saturated carbocycles. The van der Waals surface area contributed by atoms with Gasteiger partial charge >= 0.3 is 140 Å². The Morgan fingerprint density at radius 2 is 1.09 bits per heavy atom. The van der Waals surface area contributed by atoms with Crippen LogP contribution in [0.4, 0.5) is 4.70 Å². The molecule has 0 aliphatic carbocycles. The van der Waals surface area contributed by atoms with E-state index in [0.717, 1.165) is 0 Å². The quantitative estimate of drug-likeness (QED) is 0.300. The minimum absolute atomic E-state index is 0. The zero-order valence-electron chi connectivity index (χ0n) is 9.11. The van der Waals surface area contributed by atoms with Crippen LogP contribution >= 0.6 is 7.82 Å². The van der Waals surface area contributed by atoms with Gasteiger partial charge in [0.2, 0.25) is 0 Å². The minimum atomic E-state index is -4.64. The molecule has 0 aromatic carbocycles. The first-order chi connectivity index (χ1) is 2.00. The smallest absolute Gasteiger partial charge is 1.00 e. The van der Waals surface area contributed by atoms with Crippen LogP contribution in [0.5, 0.6) is 0 Å². The molecule has 0 radical (unpaired) electrons. The fourth-order valence-corrected chi connectivity index (χ4v) is 0. The molecule has 60 valence electrons. The van der Waals surface area contributed by atoms with Crippen LogP contribution in [0.25, 0.3) is 0 Å². The molecule has 5 N–H and O–H groups in total. The monoisotopic (exact) mass is 270 g/mol. The maximum absolute atomic E-state index is 8.88. The molecule has 0 bridgehead atoms. The molecule has 0 aromatic heterocycles. The molecule has 0 aliphatic rings. The van der Waals surface area contributed by atoms with Gasteiger partial charge in [-0.1, -0.05) is 0 Å². The number of hydrogen-bond donors (Lipinski definition) is 3. The van der Waals surface area contributed by atoms with Gasteiger partial charge in [0.25, 0.3) is 0 Å². The molecule has 5 nitrogen and oxygen atoms in total. The average molecular weight is 270 g/mol. The Bertz CT molecular complexity index is 81.1. The largest absolute Gasteiger partial charge is 1.00 e. The molecular weight excluding hydrogens is 258 g/mol. The van der Waals surface area contributed by atoms with E-state index in [0.29, 0.717) is 0 Å². The van der Waals surface area contributed by atoms with Gasteiger partial charge in [0.05, 0.1) is 0 Å². The molecule has 0 aromatic rings. The second-order valence-corrected chi connectivity index (χ2v) is 1.54. The molecule has 0 unspecified atom stereocenters. The molecule has 0 aliphatic heterocycles. The third-order valence-electron chi connectivity index (χ3n) is 0. The van der Waals surface area contributed by atoms with Crippen molar-refractivity contribution in [1.82, 2.24) is 0 Å². The van der Waals surface area contributed by atoms with Crippen molar-refractivity contribution in [2.24, 2.45) is 0 Å². The second kappa shape index (κ2) is 24.2. The van der Waals surface area contributed by atoms with E-state index in [1.807, 2.05) is 0 Å². The predicted molar refractivity (Wildman–Crippen MR) is 33.7 cm³/mol. The van der Waals surface area contributed by atoms with Crippen LogP contribution < -0.4 is 132 Å². The summed E-state index contributed by atoms with van der Waals surface area (Å²) in [6.45, 7) is 0. The Morgan fingerprint density at radius 3 is 1.09 bits per heavy atom. The molecule has 0 rings (SSSR count). The summed E-state index contributed by atoms with van der Waals surface area (Å²) < 4.78 is 8.88. The summed E-state index contributed by atoms with van der Waals surface area (Å²) in [5.74, 6) is 0. The van der Waals surface area contributed by atoms with Crippen molar-refractivity contribution in [3.05, 3.63) is 0 Å². The van der Waals surface area contributed by atoms with Crippen LogP contribution in [0.15, 0.2) is 0 Å². The third-order valence-corrected chi connectivity index (χ3v) is 0. The Morgan fingerprint density at radius 1 is 1.09 bits per heavy atom. The minimum Gasteiger partial charge on any atom is -1.00 e. The standard InChI is InChI=1S/Al.FH.2K.Na.H3O4P.H2O.6H/c;;;;;1-5(2,3)4;;;;;;;/h;1H;;;;(H3,1,2,3,4);1H2;;;;;;/q;;3*+1;;;;;;3*-1. The van der Waals surface area contributed by atoms with E-state index in [4.69, 9.17) is 19.2 Å². The first-order valence-electron chi connectivity index (χ1n) is 0.783. The number of phosphoric acid groups is 1. The summed E-state index contributed by atoms with van der Waals surface area (Å²) in [5.41, 5.74) is 0. The Hall–Kier alpha value is 4.81. The van der Waals surface area contributed by atoms with Crippen molar-refractivity contribution in [2.45, 2.75) is 0 Å². The Labute approximate surface area is 186 Å². The molecule has 0 heterocycles. The van der Waals surface area contributed by atoms with Gasteiger partial charge in [0.15, 0.2) is 17.4 Å². The van der Waals surface area contributed by atoms with Gasteiger partial charge in [-0.25, -0.2) is 4.57 Å². The van der Waals surface area contributed by atoms with E-state index in [1.54, 1.807) is 0 Å². The third kappa shape index (κ3) is 105. The first kappa shape index (κ1) is 44.7. The van der Waals surface area contributed by atoms with Crippen molar-refractivity contribution >= 4 is 25.2 Å². The fourth-order valence-electron chi connectivity index (χ4n) is 0. The van der Waals surface area contributed by atoms with E-state index >= 15 is 0 Å². The fraction of sp³-hybridized carbons (Fsp3) is 0. The van der Waals surface area contributed by atoms with Gasteiger partial charge in [-0.15, -0.1) is 0 Å². The van der Waals surface area contributed by atoms with Crippen molar-refractivity contribution < 1.29 is 166 Å². The van der Waals surface area contributed by atoms with E-state index in [1.165, 1.54) is 0 Å². The number of hydrogen-bond acceptors (Lipinski definition) is 1. The van der Waals surface area contributed by atoms with E-state index in [-0.39, 0.29) is 164 Å². The molecule has 11 heavy (non-hydrogen) atoms. The van der Waals surface area contributed by atoms with Crippen LogP contribution in [0, 0.1) is 0 Å². The van der Waals surface area contributed by atoms with Crippen LogP contribution in [0.1, 0.15) is 4.28 Å². The summed E-state index contributed by atoms with van der Waals surface area (Å²) in [4.78, 5) is 21.6. The molecule has 0 saturated heterocycles. The number of halogens is 1. The van der Waals surface area contributed by atoms with E-state index in [9.17, 15) is 0 Å². The Balaban J connectivity index is -0.00000000222. The summed E-state index contributed by atoms with van der Waals surface area (Å²) >= 11 is 0. The summed E-state index contributed by atoms with van der Waals surface area (Å²) in [5, 5.41) is 0. The van der Waals surface area contributed by atoms with E-state index < -0.39 is 7.82 Å². The zero-order valence-corrected chi connectivity index (χ0v) is 15.2. The van der Waals surface area contributed by atoms with Crippen LogP contribution in [-0.4, -0.2) is 37.5 Å². The van der Waals surface area contributed by atoms with Gasteiger partial charge in [-0.3, -0.25) is 4.70 Å². The van der Waals surface area contributed by atoms with Crippen molar-refractivity contribution in [1.29, 1.82) is 0 Å². The molecule has 0 fully saturated rings. The molecule has 11 heteroatoms. The number of rotatable bonds is 0. The van der Waals surface area contributed by atoms with Gasteiger partial charge in [-0.2, -0.15) is 0 Å². The summed E-state index contributed by atoms with van der Waals surface area (Å²) in [6, 6.07) is 0. The molecule has 0 atom stereocenters. The summed E-state index contributed by atoms with van der Waals surface area (Å²) in [7, 11) is -4.64. The van der Waals surface area contributed by atoms with Crippen molar-refractivity contribution in [3.63, 3.8) is 0 Å². The van der Waals surface area contributed by atoms with E-state index in [2.05, 4.69) is 0 Å². The van der Waals surface area contributed by atoms with Crippen LogP contribution in [-0.2, 0) is 4.57 Å². The second-order valence-electron chi connectivity index (χ2n) is 0.513. The van der Waals surface area contributed by atoms with Gasteiger partial charge in [0, 0.05) is 0 Å². The maximum atomic E-state index is 8.88. The Kier molecular flexibility index (Phi) is 98.2. The molecule has 0 spiro atoms. The first-order valence-corrected chi connectivity index (χ1v) is 2.35. The van der Waals surface area contributed by atoms with Gasteiger partial charge < -0.3 is 24.4 Å². The topological polar surface area (TPSA) is 109 Å². The SMILES string of the molecule is F.O.O=P(O)(O)O.[AlH3].[H-].[H-].[H-].[K+].[K+].[Na+]. The normalized spacial score (nSPS) is 5.36.